The molecule has 0 fully saturated rings. The van der Waals surface area contributed by atoms with E-state index < -0.39 is 0 Å². The van der Waals surface area contributed by atoms with Crippen molar-refractivity contribution in [3.63, 3.8) is 0 Å². The molecule has 0 amide bonds. The summed E-state index contributed by atoms with van der Waals surface area (Å²) in [5.41, 5.74) is 5.03. The summed E-state index contributed by atoms with van der Waals surface area (Å²) in [6.07, 6.45) is 6.91. The van der Waals surface area contributed by atoms with Crippen LogP contribution >= 0.6 is 0 Å². The summed E-state index contributed by atoms with van der Waals surface area (Å²) in [4.78, 5) is 12.8. The molecule has 3 nitrogen and oxygen atoms in total. The minimum absolute atomic E-state index is 0.0547. The molecule has 3 aromatic carbocycles. The van der Waals surface area contributed by atoms with Crippen LogP contribution in [-0.4, -0.2) is 25.3 Å². The van der Waals surface area contributed by atoms with Gasteiger partial charge in [0, 0.05) is 12.1 Å². The molecule has 1 unspecified atom stereocenters. The topological polar surface area (TPSA) is 49.3 Å². The lowest BCUT2D eigenvalue weighted by molar-refractivity contribution is 0.104. The number of hydrogen-bond donors (Lipinski definition) is 2. The maximum Gasteiger partial charge on any atom is 0.326 e. The molecule has 2 N–H and O–H groups in total. The third-order valence-corrected chi connectivity index (χ3v) is 5.99. The first-order valence-corrected chi connectivity index (χ1v) is 11.9. The number of benzene rings is 3. The molecule has 3 rings (SSSR count). The first-order valence-electron chi connectivity index (χ1n) is 11.9. The zero-order valence-electron chi connectivity index (χ0n) is 19.9. The fraction of sp³-hybridized carbons (Fsp3) is 0.276. The molecule has 0 saturated heterocycles. The molecule has 0 bridgehead atoms. The van der Waals surface area contributed by atoms with Crippen LogP contribution in [0.1, 0.15) is 60.0 Å². The molecule has 0 aliphatic rings. The SMILES string of the molecule is CCCC(CC/C=C\C(=O)c1cccc(-c2cccc([B]O)c2)c1)c1cc(CNC)ccc1F. The summed E-state index contributed by atoms with van der Waals surface area (Å²) in [5, 5.41) is 12.4. The Balaban J connectivity index is 1.66. The van der Waals surface area contributed by atoms with E-state index in [2.05, 4.69) is 12.2 Å². The van der Waals surface area contributed by atoms with Crippen molar-refractivity contribution in [2.75, 3.05) is 7.05 Å². The molecule has 1 radical (unpaired) electrons. The van der Waals surface area contributed by atoms with Gasteiger partial charge in [0.1, 0.15) is 5.82 Å². The van der Waals surface area contributed by atoms with Crippen LogP contribution < -0.4 is 10.8 Å². The predicted octanol–water partition coefficient (Wildman–Crippen LogP) is 5.55. The van der Waals surface area contributed by atoms with Gasteiger partial charge in [-0.2, -0.15) is 0 Å². The van der Waals surface area contributed by atoms with Crippen molar-refractivity contribution in [2.24, 2.45) is 0 Å². The summed E-state index contributed by atoms with van der Waals surface area (Å²) in [7, 11) is 2.95. The van der Waals surface area contributed by atoms with E-state index in [1.54, 1.807) is 18.2 Å². The van der Waals surface area contributed by atoms with E-state index in [0.717, 1.165) is 49.0 Å². The normalized spacial score (nSPS) is 12.1. The molecular formula is C29H32BFNO2. The summed E-state index contributed by atoms with van der Waals surface area (Å²) >= 11 is 0. The standard InChI is InChI=1S/C29H32BFNO2/c1-3-8-22(27-17-21(20-32-2)15-16-28(27)31)9-4-5-14-29(33)25-12-6-10-23(18-25)24-11-7-13-26(19-24)30-34/h5-7,10-19,22,32,34H,3-4,8-9,20H2,1-2H3/b14-5-. The average Bonchev–Trinajstić information content (AvgIpc) is 2.87. The lowest BCUT2D eigenvalue weighted by Crippen LogP contribution is -2.12. The third-order valence-electron chi connectivity index (χ3n) is 5.99. The van der Waals surface area contributed by atoms with Crippen LogP contribution in [0.25, 0.3) is 11.1 Å². The molecule has 0 spiro atoms. The van der Waals surface area contributed by atoms with Crippen molar-refractivity contribution in [1.82, 2.24) is 5.32 Å². The Hall–Kier alpha value is -3.02. The van der Waals surface area contributed by atoms with Crippen LogP contribution in [0.2, 0.25) is 0 Å². The molecule has 0 aliphatic heterocycles. The first-order chi connectivity index (χ1) is 16.5. The molecule has 34 heavy (non-hydrogen) atoms. The molecular weight excluding hydrogens is 424 g/mol. The van der Waals surface area contributed by atoms with Crippen molar-refractivity contribution in [2.45, 2.75) is 45.1 Å². The van der Waals surface area contributed by atoms with Gasteiger partial charge in [-0.05, 0) is 72.7 Å². The van der Waals surface area contributed by atoms with E-state index in [1.807, 2.05) is 67.7 Å². The van der Waals surface area contributed by atoms with Crippen molar-refractivity contribution >= 4 is 18.7 Å². The highest BCUT2D eigenvalue weighted by Gasteiger charge is 2.15. The predicted molar refractivity (Wildman–Crippen MR) is 139 cm³/mol. The highest BCUT2D eigenvalue weighted by Crippen LogP contribution is 2.29. The van der Waals surface area contributed by atoms with Crippen molar-refractivity contribution < 1.29 is 14.2 Å². The van der Waals surface area contributed by atoms with E-state index in [4.69, 9.17) is 0 Å². The fourth-order valence-electron chi connectivity index (χ4n) is 4.26. The maximum absolute atomic E-state index is 14.6. The van der Waals surface area contributed by atoms with E-state index in [9.17, 15) is 14.2 Å². The molecule has 0 saturated carbocycles. The number of carbonyl (C=O) groups is 1. The van der Waals surface area contributed by atoms with E-state index in [1.165, 1.54) is 0 Å². The minimum atomic E-state index is -0.155. The molecule has 0 aromatic heterocycles. The Morgan fingerprint density at radius 1 is 1.06 bits per heavy atom. The first kappa shape index (κ1) is 25.6. The Kier molecular flexibility index (Phi) is 9.81. The maximum atomic E-state index is 14.6. The van der Waals surface area contributed by atoms with E-state index in [-0.39, 0.29) is 17.5 Å². The largest absolute Gasteiger partial charge is 0.450 e. The monoisotopic (exact) mass is 456 g/mol. The fourth-order valence-corrected chi connectivity index (χ4v) is 4.26. The van der Waals surface area contributed by atoms with Crippen LogP contribution in [-0.2, 0) is 6.54 Å². The van der Waals surface area contributed by atoms with Crippen LogP contribution in [0.15, 0.2) is 78.9 Å². The van der Waals surface area contributed by atoms with Crippen LogP contribution in [0, 0.1) is 5.82 Å². The number of rotatable bonds is 12. The zero-order chi connectivity index (χ0) is 24.3. The van der Waals surface area contributed by atoms with Gasteiger partial charge in [0.2, 0.25) is 0 Å². The van der Waals surface area contributed by atoms with Crippen LogP contribution in [0.3, 0.4) is 0 Å². The van der Waals surface area contributed by atoms with Gasteiger partial charge in [-0.25, -0.2) is 4.39 Å². The van der Waals surface area contributed by atoms with Gasteiger partial charge in [-0.15, -0.1) is 0 Å². The highest BCUT2D eigenvalue weighted by atomic mass is 19.1. The van der Waals surface area contributed by atoms with Gasteiger partial charge < -0.3 is 10.3 Å². The van der Waals surface area contributed by atoms with Crippen molar-refractivity contribution in [3.8, 4) is 11.1 Å². The van der Waals surface area contributed by atoms with Crippen molar-refractivity contribution in [1.29, 1.82) is 0 Å². The van der Waals surface area contributed by atoms with Gasteiger partial charge in [0.25, 0.3) is 0 Å². The Bertz CT molecular complexity index is 1130. The quantitative estimate of drug-likeness (QED) is 0.213. The van der Waals surface area contributed by atoms with Gasteiger partial charge in [0.15, 0.2) is 5.78 Å². The lowest BCUT2D eigenvalue weighted by Gasteiger charge is -2.18. The number of allylic oxidation sites excluding steroid dienone is 2. The third kappa shape index (κ3) is 6.99. The van der Waals surface area contributed by atoms with Gasteiger partial charge in [0.05, 0.1) is 0 Å². The Morgan fingerprint density at radius 2 is 1.82 bits per heavy atom. The smallest absolute Gasteiger partial charge is 0.326 e. The Labute approximate surface area is 203 Å². The molecule has 1 atom stereocenters. The molecule has 0 aliphatic carbocycles. The van der Waals surface area contributed by atoms with Gasteiger partial charge in [-0.1, -0.05) is 79.5 Å². The van der Waals surface area contributed by atoms with Gasteiger partial charge in [-0.3, -0.25) is 4.79 Å². The number of carbonyl (C=O) groups excluding carboxylic acids is 1. The summed E-state index contributed by atoms with van der Waals surface area (Å²) in [6.45, 7) is 2.82. The van der Waals surface area contributed by atoms with Crippen LogP contribution in [0.5, 0.6) is 0 Å². The number of nitrogens with one attached hydrogen (secondary N) is 1. The number of halogens is 1. The highest BCUT2D eigenvalue weighted by molar-refractivity contribution is 6.45. The van der Waals surface area contributed by atoms with Gasteiger partial charge >= 0.3 is 7.48 Å². The summed E-state index contributed by atoms with van der Waals surface area (Å²) < 4.78 is 14.6. The number of hydrogen-bond acceptors (Lipinski definition) is 3. The minimum Gasteiger partial charge on any atom is -0.450 e. The van der Waals surface area contributed by atoms with Crippen LogP contribution in [0.4, 0.5) is 4.39 Å². The zero-order valence-corrected chi connectivity index (χ0v) is 19.9. The molecule has 175 valence electrons. The lowest BCUT2D eigenvalue weighted by atomic mass is 9.86. The van der Waals surface area contributed by atoms with Crippen molar-refractivity contribution in [3.05, 3.63) is 101 Å². The summed E-state index contributed by atoms with van der Waals surface area (Å²) in [5.74, 6) is -0.0838. The molecule has 5 heteroatoms. The summed E-state index contributed by atoms with van der Waals surface area (Å²) in [6, 6.07) is 20.3. The molecule has 3 aromatic rings. The Morgan fingerprint density at radius 3 is 2.56 bits per heavy atom. The number of ketones is 1. The second-order valence-corrected chi connectivity index (χ2v) is 8.55. The van der Waals surface area contributed by atoms with E-state index >= 15 is 0 Å². The second-order valence-electron chi connectivity index (χ2n) is 8.55. The second kappa shape index (κ2) is 13.0. The molecule has 0 heterocycles. The van der Waals surface area contributed by atoms with E-state index in [0.29, 0.717) is 24.0 Å². The average molecular weight is 456 g/mol.